The molecule has 0 unspecified atom stereocenters. The molecule has 0 aromatic carbocycles. The lowest BCUT2D eigenvalue weighted by Crippen LogP contribution is -2.31. The lowest BCUT2D eigenvalue weighted by molar-refractivity contribution is 0.0358. The molecule has 0 aliphatic rings. The van der Waals surface area contributed by atoms with Crippen LogP contribution >= 0.6 is 34.0 Å². The monoisotopic (exact) mass is 357 g/mol. The van der Waals surface area contributed by atoms with E-state index < -0.39 is 5.60 Å². The van der Waals surface area contributed by atoms with E-state index in [9.17, 15) is 5.11 Å². The van der Waals surface area contributed by atoms with Crippen LogP contribution < -0.4 is 17.2 Å². The van der Waals surface area contributed by atoms with Crippen LogP contribution in [0.15, 0.2) is 0 Å². The molecule has 3 aromatic heterocycles. The third-order valence-electron chi connectivity index (χ3n) is 2.69. The summed E-state index contributed by atoms with van der Waals surface area (Å²) in [4.78, 5) is 0. The number of anilines is 3. The van der Waals surface area contributed by atoms with E-state index in [1.54, 1.807) is 0 Å². The summed E-state index contributed by atoms with van der Waals surface area (Å²) in [6.07, 6.45) is 0.325. The molecule has 0 saturated heterocycles. The summed E-state index contributed by atoms with van der Waals surface area (Å²) in [7, 11) is 0. The van der Waals surface area contributed by atoms with Crippen molar-refractivity contribution in [1.82, 2.24) is 30.6 Å². The van der Waals surface area contributed by atoms with Crippen molar-refractivity contribution in [1.29, 1.82) is 0 Å². The van der Waals surface area contributed by atoms with Gasteiger partial charge < -0.3 is 22.3 Å². The molecule has 3 rings (SSSR count). The van der Waals surface area contributed by atoms with Crippen LogP contribution in [-0.2, 0) is 18.4 Å². The number of nitrogens with two attached hydrogens (primary N) is 3. The first-order chi connectivity index (χ1) is 10.4. The number of hydrogen-bond acceptors (Lipinski definition) is 13. The molecule has 3 heterocycles. The molecule has 7 N–H and O–H groups in total. The molecule has 0 radical (unpaired) electrons. The largest absolute Gasteiger partial charge is 0.382 e. The van der Waals surface area contributed by atoms with Crippen LogP contribution in [0.3, 0.4) is 0 Å². The fourth-order valence-electron chi connectivity index (χ4n) is 1.81. The number of rotatable bonds is 5. The predicted molar refractivity (Wildman–Crippen MR) is 84.3 cm³/mol. The summed E-state index contributed by atoms with van der Waals surface area (Å²) in [6.45, 7) is 0. The van der Waals surface area contributed by atoms with E-state index in [1.807, 2.05) is 0 Å². The SMILES string of the molecule is Nc1nnc(CC(O)(Cc2nnc(N)s2)c2nnc(N)s2)s1. The Kier molecular flexibility index (Phi) is 3.86. The maximum atomic E-state index is 11.1. The van der Waals surface area contributed by atoms with Crippen LogP contribution in [0.4, 0.5) is 15.4 Å². The van der Waals surface area contributed by atoms with Gasteiger partial charge in [-0.3, -0.25) is 0 Å². The highest BCUT2D eigenvalue weighted by Crippen LogP contribution is 2.34. The third-order valence-corrected chi connectivity index (χ3v) is 5.14. The quantitative estimate of drug-likeness (QED) is 0.472. The van der Waals surface area contributed by atoms with Crippen molar-refractivity contribution in [3.8, 4) is 0 Å². The second-order valence-corrected chi connectivity index (χ2v) is 7.60. The summed E-state index contributed by atoms with van der Waals surface area (Å²) in [6, 6.07) is 0. The second-order valence-electron chi connectivity index (χ2n) is 4.40. The minimum absolute atomic E-state index is 0.163. The fourth-order valence-corrected chi connectivity index (χ4v) is 3.94. The summed E-state index contributed by atoms with van der Waals surface area (Å²) >= 11 is 3.49. The maximum absolute atomic E-state index is 11.1. The fraction of sp³-hybridized carbons (Fsp3) is 0.333. The average molecular weight is 357 g/mol. The highest BCUT2D eigenvalue weighted by atomic mass is 32.1. The molecular formula is C9H11N9OS3. The van der Waals surface area contributed by atoms with E-state index in [4.69, 9.17) is 17.2 Å². The van der Waals surface area contributed by atoms with E-state index in [1.165, 1.54) is 22.7 Å². The van der Waals surface area contributed by atoms with Crippen LogP contribution in [0.1, 0.15) is 15.0 Å². The minimum Gasteiger partial charge on any atom is -0.382 e. The molecule has 22 heavy (non-hydrogen) atoms. The van der Waals surface area contributed by atoms with Crippen LogP contribution in [0.2, 0.25) is 0 Å². The minimum atomic E-state index is -1.38. The molecular weight excluding hydrogens is 346 g/mol. The molecule has 13 heteroatoms. The molecule has 10 nitrogen and oxygen atoms in total. The van der Waals surface area contributed by atoms with Crippen molar-refractivity contribution in [2.45, 2.75) is 18.4 Å². The van der Waals surface area contributed by atoms with Crippen molar-refractivity contribution >= 4 is 49.4 Å². The Morgan fingerprint density at radius 3 is 1.55 bits per heavy atom. The van der Waals surface area contributed by atoms with E-state index in [0.717, 1.165) is 11.3 Å². The van der Waals surface area contributed by atoms with Gasteiger partial charge in [-0.05, 0) is 0 Å². The van der Waals surface area contributed by atoms with Gasteiger partial charge in [0, 0.05) is 12.8 Å². The molecule has 116 valence electrons. The molecule has 0 bridgehead atoms. The van der Waals surface area contributed by atoms with E-state index in [-0.39, 0.29) is 18.0 Å². The summed E-state index contributed by atoms with van der Waals surface area (Å²) in [5.41, 5.74) is 15.4. The topological polar surface area (TPSA) is 176 Å². The lowest BCUT2D eigenvalue weighted by Gasteiger charge is -2.22. The number of nitrogens with zero attached hydrogens (tertiary/aromatic N) is 6. The molecule has 0 spiro atoms. The lowest BCUT2D eigenvalue weighted by atomic mass is 9.97. The Bertz CT molecular complexity index is 738. The Morgan fingerprint density at radius 2 is 1.18 bits per heavy atom. The van der Waals surface area contributed by atoms with Gasteiger partial charge in [-0.2, -0.15) is 0 Å². The summed E-state index contributed by atoms with van der Waals surface area (Å²) in [5, 5.41) is 36.5. The zero-order valence-electron chi connectivity index (χ0n) is 11.0. The van der Waals surface area contributed by atoms with Gasteiger partial charge >= 0.3 is 0 Å². The normalized spacial score (nSPS) is 11.9. The van der Waals surface area contributed by atoms with Crippen LogP contribution in [0, 0.1) is 0 Å². The Labute approximate surface area is 136 Å². The van der Waals surface area contributed by atoms with Gasteiger partial charge in [0.1, 0.15) is 15.6 Å². The molecule has 0 fully saturated rings. The molecule has 3 aromatic rings. The van der Waals surface area contributed by atoms with Gasteiger partial charge in [-0.15, -0.1) is 30.6 Å². The van der Waals surface area contributed by atoms with Gasteiger partial charge in [0.25, 0.3) is 0 Å². The van der Waals surface area contributed by atoms with Gasteiger partial charge in [-0.25, -0.2) is 0 Å². The Morgan fingerprint density at radius 1 is 0.727 bits per heavy atom. The van der Waals surface area contributed by atoms with Gasteiger partial charge in [0.05, 0.1) is 0 Å². The molecule has 0 amide bonds. The third kappa shape index (κ3) is 3.11. The Balaban J connectivity index is 1.93. The maximum Gasteiger partial charge on any atom is 0.203 e. The average Bonchev–Trinajstić information content (AvgIpc) is 3.13. The molecule has 0 aliphatic heterocycles. The van der Waals surface area contributed by atoms with Gasteiger partial charge in [0.15, 0.2) is 5.01 Å². The number of aliphatic hydroxyl groups is 1. The number of hydrogen-bond donors (Lipinski definition) is 4. The summed E-state index contributed by atoms with van der Waals surface area (Å²) < 4.78 is 0. The zero-order valence-corrected chi connectivity index (χ0v) is 13.5. The smallest absolute Gasteiger partial charge is 0.203 e. The standard InChI is InChI=1S/C9H11N9OS3/c10-6-16-13-3(20-6)1-9(19,5-15-18-8(12)22-5)2-4-14-17-7(11)21-4/h19H,1-2H2,(H2,10,16)(H2,11,17)(H2,12,18). The first-order valence-electron chi connectivity index (χ1n) is 5.92. The molecule has 0 saturated carbocycles. The zero-order chi connectivity index (χ0) is 15.7. The molecule has 0 aliphatic carbocycles. The Hall–Kier alpha value is -1.96. The first-order valence-corrected chi connectivity index (χ1v) is 8.37. The van der Waals surface area contributed by atoms with Gasteiger partial charge in [-0.1, -0.05) is 34.0 Å². The van der Waals surface area contributed by atoms with Crippen molar-refractivity contribution in [3.05, 3.63) is 15.0 Å². The van der Waals surface area contributed by atoms with E-state index in [0.29, 0.717) is 25.3 Å². The van der Waals surface area contributed by atoms with Crippen LogP contribution in [-0.4, -0.2) is 35.7 Å². The van der Waals surface area contributed by atoms with Crippen LogP contribution in [0.25, 0.3) is 0 Å². The molecule has 0 atom stereocenters. The van der Waals surface area contributed by atoms with Crippen molar-refractivity contribution < 1.29 is 5.11 Å². The number of aromatic nitrogens is 6. The predicted octanol–water partition coefficient (Wildman–Crippen LogP) is -0.339. The summed E-state index contributed by atoms with van der Waals surface area (Å²) in [5.74, 6) is 0. The highest BCUT2D eigenvalue weighted by Gasteiger charge is 2.36. The van der Waals surface area contributed by atoms with E-state index in [2.05, 4.69) is 30.6 Å². The van der Waals surface area contributed by atoms with Crippen LogP contribution in [0.5, 0.6) is 0 Å². The highest BCUT2D eigenvalue weighted by molar-refractivity contribution is 7.16. The van der Waals surface area contributed by atoms with Crippen molar-refractivity contribution in [3.63, 3.8) is 0 Å². The van der Waals surface area contributed by atoms with Crippen molar-refractivity contribution in [2.24, 2.45) is 0 Å². The first kappa shape index (κ1) is 15.0. The van der Waals surface area contributed by atoms with Crippen molar-refractivity contribution in [2.75, 3.05) is 17.2 Å². The number of nitrogen functional groups attached to an aromatic ring is 3. The van der Waals surface area contributed by atoms with Gasteiger partial charge in [0.2, 0.25) is 15.4 Å². The second kappa shape index (κ2) is 5.68. The van der Waals surface area contributed by atoms with E-state index >= 15 is 0 Å².